The van der Waals surface area contributed by atoms with Gasteiger partial charge in [-0.05, 0) is 56.7 Å². The molecular weight excluding hydrogens is 414 g/mol. The average molecular weight is 442 g/mol. The van der Waals surface area contributed by atoms with Crippen molar-refractivity contribution in [2.45, 2.75) is 38.5 Å². The van der Waals surface area contributed by atoms with Crippen LogP contribution in [-0.2, 0) is 17.6 Å². The van der Waals surface area contributed by atoms with Gasteiger partial charge in [-0.1, -0.05) is 0 Å². The maximum atomic E-state index is 12.2. The summed E-state index contributed by atoms with van der Waals surface area (Å²) in [5, 5.41) is 15.2. The summed E-state index contributed by atoms with van der Waals surface area (Å²) in [6.45, 7) is 1.55. The van der Waals surface area contributed by atoms with Gasteiger partial charge in [-0.25, -0.2) is 4.98 Å². The maximum absolute atomic E-state index is 12.2. The lowest BCUT2D eigenvalue weighted by atomic mass is 9.93. The van der Waals surface area contributed by atoms with Crippen LogP contribution in [0.3, 0.4) is 0 Å². The number of hydrogen-bond donors (Lipinski definition) is 3. The van der Waals surface area contributed by atoms with Crippen LogP contribution in [0.4, 0.5) is 23.1 Å². The van der Waals surface area contributed by atoms with Crippen LogP contribution >= 0.6 is 12.4 Å². The van der Waals surface area contributed by atoms with E-state index in [1.807, 2.05) is 0 Å². The molecule has 1 aliphatic carbocycles. The standard InChI is InChI=1S/C22H27N7O.ClH/c1-25-21(30)15-5-4-8-29(13-15)20-18-6-2-3-7-19(18)27-22(28-20)26-17-10-14(12-23)9-16(24)11-17;/h9-11,15H,2-8,13,24H2,1H3,(H,25,30)(H,26,27,28);1H/t15-;/m1./s1. The third-order valence-corrected chi connectivity index (χ3v) is 5.84. The Bertz CT molecular complexity index is 1000. The maximum Gasteiger partial charge on any atom is 0.229 e. The molecule has 1 fully saturated rings. The Labute approximate surface area is 188 Å². The van der Waals surface area contributed by atoms with Crippen LogP contribution < -0.4 is 21.3 Å². The predicted octanol–water partition coefficient (Wildman–Crippen LogP) is 2.94. The minimum absolute atomic E-state index is 0. The van der Waals surface area contributed by atoms with Gasteiger partial charge in [-0.3, -0.25) is 4.79 Å². The van der Waals surface area contributed by atoms with Gasteiger partial charge >= 0.3 is 0 Å². The number of nitrogens with two attached hydrogens (primary N) is 1. The van der Waals surface area contributed by atoms with Crippen molar-refractivity contribution in [1.82, 2.24) is 15.3 Å². The topological polar surface area (TPSA) is 120 Å². The monoisotopic (exact) mass is 441 g/mol. The summed E-state index contributed by atoms with van der Waals surface area (Å²) in [5.41, 5.74) is 9.89. The largest absolute Gasteiger partial charge is 0.399 e. The molecule has 2 aromatic rings. The fraction of sp³-hybridized carbons (Fsp3) is 0.455. The van der Waals surface area contributed by atoms with Crippen LogP contribution in [0, 0.1) is 17.2 Å². The van der Waals surface area contributed by atoms with E-state index in [4.69, 9.17) is 15.7 Å². The Morgan fingerprint density at radius 2 is 2.03 bits per heavy atom. The number of benzene rings is 1. The zero-order valence-electron chi connectivity index (χ0n) is 17.6. The van der Waals surface area contributed by atoms with E-state index in [0.717, 1.165) is 56.6 Å². The van der Waals surface area contributed by atoms with Crippen LogP contribution in [0.2, 0.25) is 0 Å². The first-order valence-electron chi connectivity index (χ1n) is 10.5. The van der Waals surface area contributed by atoms with Crippen LogP contribution in [0.5, 0.6) is 0 Å². The van der Waals surface area contributed by atoms with E-state index in [0.29, 0.717) is 29.4 Å². The number of nitriles is 1. The third-order valence-electron chi connectivity index (χ3n) is 5.84. The third kappa shape index (κ3) is 5.00. The summed E-state index contributed by atoms with van der Waals surface area (Å²) in [7, 11) is 1.69. The Morgan fingerprint density at radius 1 is 1.23 bits per heavy atom. The molecule has 1 atom stereocenters. The Hall–Kier alpha value is -3.05. The molecule has 164 valence electrons. The number of aryl methyl sites for hydroxylation is 1. The van der Waals surface area contributed by atoms with Gasteiger partial charge in [0.1, 0.15) is 5.82 Å². The summed E-state index contributed by atoms with van der Waals surface area (Å²) in [6, 6.07) is 7.26. The summed E-state index contributed by atoms with van der Waals surface area (Å²) in [4.78, 5) is 24.1. The van der Waals surface area contributed by atoms with Crippen molar-refractivity contribution in [1.29, 1.82) is 5.26 Å². The SMILES string of the molecule is CNC(=O)[C@@H]1CCCN(c2nc(Nc3cc(N)cc(C#N)c3)nc3c2CCCC3)C1.Cl. The Morgan fingerprint density at radius 3 is 2.81 bits per heavy atom. The predicted molar refractivity (Wildman–Crippen MR) is 124 cm³/mol. The second-order valence-corrected chi connectivity index (χ2v) is 7.98. The van der Waals surface area contributed by atoms with Gasteiger partial charge in [0, 0.05) is 37.1 Å². The molecule has 1 saturated heterocycles. The van der Waals surface area contributed by atoms with Gasteiger partial charge < -0.3 is 21.3 Å². The number of nitrogens with one attached hydrogen (secondary N) is 2. The molecule has 0 spiro atoms. The van der Waals surface area contributed by atoms with Crippen molar-refractivity contribution in [3.8, 4) is 6.07 Å². The minimum atomic E-state index is -0.0264. The van der Waals surface area contributed by atoms with E-state index >= 15 is 0 Å². The van der Waals surface area contributed by atoms with Crippen molar-refractivity contribution in [3.05, 3.63) is 35.0 Å². The number of amides is 1. The molecule has 0 unspecified atom stereocenters. The molecule has 1 aromatic heterocycles. The van der Waals surface area contributed by atoms with E-state index in [2.05, 4.69) is 21.6 Å². The molecule has 2 aliphatic rings. The number of hydrogen-bond acceptors (Lipinski definition) is 7. The fourth-order valence-electron chi connectivity index (χ4n) is 4.40. The minimum Gasteiger partial charge on any atom is -0.399 e. The van der Waals surface area contributed by atoms with E-state index in [-0.39, 0.29) is 24.2 Å². The summed E-state index contributed by atoms with van der Waals surface area (Å²) >= 11 is 0. The highest BCUT2D eigenvalue weighted by atomic mass is 35.5. The van der Waals surface area contributed by atoms with E-state index in [9.17, 15) is 10.1 Å². The lowest BCUT2D eigenvalue weighted by Gasteiger charge is -2.35. The highest BCUT2D eigenvalue weighted by molar-refractivity contribution is 5.85. The molecule has 1 aliphatic heterocycles. The van der Waals surface area contributed by atoms with E-state index in [1.54, 1.807) is 25.2 Å². The van der Waals surface area contributed by atoms with Crippen LogP contribution in [0.15, 0.2) is 18.2 Å². The molecule has 8 nitrogen and oxygen atoms in total. The number of anilines is 4. The highest BCUT2D eigenvalue weighted by Crippen LogP contribution is 2.32. The average Bonchev–Trinajstić information content (AvgIpc) is 2.77. The zero-order chi connectivity index (χ0) is 21.1. The molecule has 0 bridgehead atoms. The zero-order valence-corrected chi connectivity index (χ0v) is 18.5. The van der Waals surface area contributed by atoms with Gasteiger partial charge in [0.15, 0.2) is 0 Å². The van der Waals surface area contributed by atoms with Gasteiger partial charge in [0.2, 0.25) is 11.9 Å². The number of fused-ring (bicyclic) bond motifs is 1. The van der Waals surface area contributed by atoms with Gasteiger partial charge in [0.25, 0.3) is 0 Å². The van der Waals surface area contributed by atoms with Crippen molar-refractivity contribution < 1.29 is 4.79 Å². The smallest absolute Gasteiger partial charge is 0.229 e. The molecule has 2 heterocycles. The van der Waals surface area contributed by atoms with Gasteiger partial charge in [0.05, 0.1) is 23.2 Å². The summed E-state index contributed by atoms with van der Waals surface area (Å²) in [6.07, 6.45) is 5.98. The molecule has 1 amide bonds. The highest BCUT2D eigenvalue weighted by Gasteiger charge is 2.29. The van der Waals surface area contributed by atoms with Crippen molar-refractivity contribution in [3.63, 3.8) is 0 Å². The number of halogens is 1. The molecule has 4 rings (SSSR count). The molecule has 4 N–H and O–H groups in total. The fourth-order valence-corrected chi connectivity index (χ4v) is 4.40. The van der Waals surface area contributed by atoms with Crippen molar-refractivity contribution in [2.24, 2.45) is 5.92 Å². The second kappa shape index (κ2) is 9.84. The molecular formula is C22H28ClN7O. The van der Waals surface area contributed by atoms with Crippen molar-refractivity contribution in [2.75, 3.05) is 36.1 Å². The molecule has 0 saturated carbocycles. The lowest BCUT2D eigenvalue weighted by molar-refractivity contribution is -0.124. The summed E-state index contributed by atoms with van der Waals surface area (Å²) in [5.74, 6) is 1.49. The summed E-state index contributed by atoms with van der Waals surface area (Å²) < 4.78 is 0. The first-order valence-corrected chi connectivity index (χ1v) is 10.5. The Balaban J connectivity index is 0.00000272. The number of aromatic nitrogens is 2. The molecule has 0 radical (unpaired) electrons. The van der Waals surface area contributed by atoms with E-state index < -0.39 is 0 Å². The number of piperidine rings is 1. The van der Waals surface area contributed by atoms with Gasteiger partial charge in [-0.2, -0.15) is 10.2 Å². The number of rotatable bonds is 4. The molecule has 1 aromatic carbocycles. The first kappa shape index (κ1) is 22.6. The normalized spacial score (nSPS) is 17.7. The molecule has 31 heavy (non-hydrogen) atoms. The van der Waals surface area contributed by atoms with Crippen molar-refractivity contribution >= 4 is 41.5 Å². The number of nitrogens with zero attached hydrogens (tertiary/aromatic N) is 4. The lowest BCUT2D eigenvalue weighted by Crippen LogP contribution is -2.43. The van der Waals surface area contributed by atoms with Gasteiger partial charge in [-0.15, -0.1) is 12.4 Å². The molecule has 9 heteroatoms. The first-order chi connectivity index (χ1) is 14.6. The van der Waals surface area contributed by atoms with Crippen LogP contribution in [0.1, 0.15) is 42.5 Å². The van der Waals surface area contributed by atoms with E-state index in [1.165, 1.54) is 5.56 Å². The van der Waals surface area contributed by atoms with Crippen LogP contribution in [0.25, 0.3) is 0 Å². The quantitative estimate of drug-likeness (QED) is 0.624. The number of nitrogen functional groups attached to an aromatic ring is 1. The number of carbonyl (C=O) groups excluding carboxylic acids is 1. The Kier molecular flexibility index (Phi) is 7.18. The van der Waals surface area contributed by atoms with Crippen LogP contribution in [-0.4, -0.2) is 36.0 Å². The number of carbonyl (C=O) groups is 1. The second-order valence-electron chi connectivity index (χ2n) is 7.98.